The number of hydrogen-bond acceptors (Lipinski definition) is 5. The van der Waals surface area contributed by atoms with Crippen LogP contribution in [0, 0.1) is 12.3 Å². The molecule has 0 atom stereocenters. The van der Waals surface area contributed by atoms with Gasteiger partial charge in [0.05, 0.1) is 12.5 Å². The van der Waals surface area contributed by atoms with Crippen LogP contribution < -0.4 is 5.32 Å². The van der Waals surface area contributed by atoms with Gasteiger partial charge in [-0.15, -0.1) is 0 Å². The van der Waals surface area contributed by atoms with Crippen LogP contribution in [0.1, 0.15) is 19.7 Å². The van der Waals surface area contributed by atoms with Crippen LogP contribution >= 0.6 is 0 Å². The number of oxazole rings is 1. The molecule has 0 saturated heterocycles. The molecule has 1 aromatic carbocycles. The van der Waals surface area contributed by atoms with Gasteiger partial charge in [0.25, 0.3) is 0 Å². The number of methoxy groups -OCH3 is 1. The summed E-state index contributed by atoms with van der Waals surface area (Å²) in [7, 11) is 1.40. The highest BCUT2D eigenvalue weighted by atomic mass is 16.5. The third-order valence-electron chi connectivity index (χ3n) is 2.97. The van der Waals surface area contributed by atoms with Crippen molar-refractivity contribution in [2.24, 2.45) is 5.41 Å². The zero-order valence-electron chi connectivity index (χ0n) is 11.6. The van der Waals surface area contributed by atoms with E-state index in [1.54, 1.807) is 0 Å². The largest absolute Gasteiger partial charge is 0.469 e. The van der Waals surface area contributed by atoms with E-state index >= 15 is 0 Å². The smallest absolute Gasteiger partial charge is 0.313 e. The van der Waals surface area contributed by atoms with E-state index in [9.17, 15) is 4.79 Å². The number of esters is 1. The highest BCUT2D eigenvalue weighted by Gasteiger charge is 2.28. The fourth-order valence-electron chi connectivity index (χ4n) is 1.82. The molecule has 0 unspecified atom stereocenters. The second kappa shape index (κ2) is 4.91. The third-order valence-corrected chi connectivity index (χ3v) is 2.97. The van der Waals surface area contributed by atoms with Gasteiger partial charge in [0.15, 0.2) is 11.5 Å². The molecule has 0 radical (unpaired) electrons. The maximum Gasteiger partial charge on any atom is 0.313 e. The molecule has 5 nitrogen and oxygen atoms in total. The predicted octanol–water partition coefficient (Wildman–Crippen LogP) is 2.75. The summed E-state index contributed by atoms with van der Waals surface area (Å²) in [6, 6.07) is 5.68. The number of hydrogen-bond donors (Lipinski definition) is 1. The summed E-state index contributed by atoms with van der Waals surface area (Å²) in [5.41, 5.74) is 1.87. The van der Waals surface area contributed by atoms with E-state index in [-0.39, 0.29) is 5.97 Å². The lowest BCUT2D eigenvalue weighted by Crippen LogP contribution is -2.33. The number of carbonyl (C=O) groups excluding carboxylic acids is 1. The molecule has 0 fully saturated rings. The van der Waals surface area contributed by atoms with E-state index in [0.717, 1.165) is 16.8 Å². The molecule has 0 spiro atoms. The average Bonchev–Trinajstić information content (AvgIpc) is 2.74. The van der Waals surface area contributed by atoms with Crippen LogP contribution in [0.5, 0.6) is 0 Å². The van der Waals surface area contributed by atoms with Gasteiger partial charge in [-0.2, -0.15) is 0 Å². The molecule has 1 aromatic heterocycles. The lowest BCUT2D eigenvalue weighted by Gasteiger charge is -2.22. The second-order valence-corrected chi connectivity index (χ2v) is 5.14. The molecule has 1 N–H and O–H groups in total. The van der Waals surface area contributed by atoms with E-state index in [2.05, 4.69) is 10.3 Å². The number of aromatic nitrogens is 1. The fourth-order valence-corrected chi connectivity index (χ4v) is 1.82. The summed E-state index contributed by atoms with van der Waals surface area (Å²) >= 11 is 0. The van der Waals surface area contributed by atoms with Gasteiger partial charge >= 0.3 is 5.97 Å². The standard InChI is InChI=1S/C14H18N2O3/c1-9-16-11-6-5-10(7-12(11)19-9)15-8-14(2,3)13(17)18-4/h5-7,15H,8H2,1-4H3. The fraction of sp³-hybridized carbons (Fsp3) is 0.429. The zero-order valence-corrected chi connectivity index (χ0v) is 11.6. The number of anilines is 1. The normalized spacial score (nSPS) is 11.6. The number of benzene rings is 1. The Labute approximate surface area is 112 Å². The number of fused-ring (bicyclic) bond motifs is 1. The topological polar surface area (TPSA) is 64.4 Å². The molecular formula is C14H18N2O3. The molecule has 2 rings (SSSR count). The molecule has 0 aliphatic carbocycles. The van der Waals surface area contributed by atoms with Crippen LogP contribution in [0.15, 0.2) is 22.6 Å². The van der Waals surface area contributed by atoms with Gasteiger partial charge in [-0.25, -0.2) is 4.98 Å². The van der Waals surface area contributed by atoms with E-state index < -0.39 is 5.41 Å². The van der Waals surface area contributed by atoms with Gasteiger partial charge in [-0.1, -0.05) is 0 Å². The Morgan fingerprint density at radius 2 is 2.21 bits per heavy atom. The summed E-state index contributed by atoms with van der Waals surface area (Å²) < 4.78 is 10.2. The van der Waals surface area contributed by atoms with Gasteiger partial charge < -0.3 is 14.5 Å². The van der Waals surface area contributed by atoms with Gasteiger partial charge in [0, 0.05) is 25.2 Å². The van der Waals surface area contributed by atoms with E-state index in [0.29, 0.717) is 12.4 Å². The molecule has 5 heteroatoms. The van der Waals surface area contributed by atoms with Crippen molar-refractivity contribution in [3.05, 3.63) is 24.1 Å². The second-order valence-electron chi connectivity index (χ2n) is 5.14. The van der Waals surface area contributed by atoms with Crippen molar-refractivity contribution in [2.45, 2.75) is 20.8 Å². The number of rotatable bonds is 4. The molecular weight excluding hydrogens is 244 g/mol. The van der Waals surface area contributed by atoms with Gasteiger partial charge in [-0.3, -0.25) is 4.79 Å². The molecule has 0 saturated carbocycles. The minimum absolute atomic E-state index is 0.239. The molecule has 102 valence electrons. The van der Waals surface area contributed by atoms with Crippen LogP contribution in [0.3, 0.4) is 0 Å². The van der Waals surface area contributed by atoms with Crippen molar-refractivity contribution in [3.8, 4) is 0 Å². The first-order valence-electron chi connectivity index (χ1n) is 6.12. The van der Waals surface area contributed by atoms with Crippen molar-refractivity contribution >= 4 is 22.8 Å². The molecule has 0 bridgehead atoms. The van der Waals surface area contributed by atoms with Crippen molar-refractivity contribution < 1.29 is 13.9 Å². The summed E-state index contributed by atoms with van der Waals surface area (Å²) in [5, 5.41) is 3.21. The Bertz CT molecular complexity index is 602. The van der Waals surface area contributed by atoms with Crippen LogP contribution in [0.25, 0.3) is 11.1 Å². The van der Waals surface area contributed by atoms with Crippen molar-refractivity contribution in [3.63, 3.8) is 0 Å². The molecule has 1 heterocycles. The Morgan fingerprint density at radius 1 is 1.47 bits per heavy atom. The van der Waals surface area contributed by atoms with E-state index in [1.165, 1.54) is 7.11 Å². The van der Waals surface area contributed by atoms with Gasteiger partial charge in [0.1, 0.15) is 5.52 Å². The van der Waals surface area contributed by atoms with Crippen LogP contribution in [-0.4, -0.2) is 24.6 Å². The van der Waals surface area contributed by atoms with Crippen molar-refractivity contribution in [2.75, 3.05) is 19.0 Å². The van der Waals surface area contributed by atoms with Crippen molar-refractivity contribution in [1.82, 2.24) is 4.98 Å². The number of carbonyl (C=O) groups is 1. The van der Waals surface area contributed by atoms with E-state index in [1.807, 2.05) is 39.0 Å². The Morgan fingerprint density at radius 3 is 2.89 bits per heavy atom. The summed E-state index contributed by atoms with van der Waals surface area (Å²) in [4.78, 5) is 15.8. The minimum Gasteiger partial charge on any atom is -0.469 e. The summed E-state index contributed by atoms with van der Waals surface area (Å²) in [6.45, 7) is 5.97. The molecule has 2 aromatic rings. The lowest BCUT2D eigenvalue weighted by atomic mass is 9.93. The van der Waals surface area contributed by atoms with E-state index in [4.69, 9.17) is 9.15 Å². The highest BCUT2D eigenvalue weighted by molar-refractivity contribution is 5.78. The first-order chi connectivity index (χ1) is 8.92. The number of nitrogens with one attached hydrogen (secondary N) is 1. The van der Waals surface area contributed by atoms with Crippen LogP contribution in [0.4, 0.5) is 5.69 Å². The first-order valence-corrected chi connectivity index (χ1v) is 6.12. The van der Waals surface area contributed by atoms with Crippen LogP contribution in [0.2, 0.25) is 0 Å². The minimum atomic E-state index is -0.582. The highest BCUT2D eigenvalue weighted by Crippen LogP contribution is 2.22. The molecule has 0 aliphatic rings. The quantitative estimate of drug-likeness (QED) is 0.858. The average molecular weight is 262 g/mol. The first kappa shape index (κ1) is 13.4. The van der Waals surface area contributed by atoms with Gasteiger partial charge in [0.2, 0.25) is 0 Å². The Hall–Kier alpha value is -2.04. The third kappa shape index (κ3) is 2.86. The number of aryl methyl sites for hydroxylation is 1. The van der Waals surface area contributed by atoms with Crippen LogP contribution in [-0.2, 0) is 9.53 Å². The number of nitrogens with zero attached hydrogens (tertiary/aromatic N) is 1. The Kier molecular flexibility index (Phi) is 3.46. The monoisotopic (exact) mass is 262 g/mol. The predicted molar refractivity (Wildman–Crippen MR) is 73.0 cm³/mol. The maximum absolute atomic E-state index is 11.6. The maximum atomic E-state index is 11.6. The SMILES string of the molecule is COC(=O)C(C)(C)CNc1ccc2nc(C)oc2c1. The summed E-state index contributed by atoms with van der Waals surface area (Å²) in [6.07, 6.45) is 0. The molecule has 19 heavy (non-hydrogen) atoms. The molecule has 0 aliphatic heterocycles. The van der Waals surface area contributed by atoms with Crippen molar-refractivity contribution in [1.29, 1.82) is 0 Å². The Balaban J connectivity index is 2.11. The zero-order chi connectivity index (χ0) is 14.0. The molecule has 0 amide bonds. The number of ether oxygens (including phenoxy) is 1. The summed E-state index contributed by atoms with van der Waals surface area (Å²) in [5.74, 6) is 0.402. The van der Waals surface area contributed by atoms with Gasteiger partial charge in [-0.05, 0) is 26.0 Å². The lowest BCUT2D eigenvalue weighted by molar-refractivity contribution is -0.149.